The van der Waals surface area contributed by atoms with Crippen LogP contribution in [0.4, 0.5) is 8.78 Å². The Labute approximate surface area is 207 Å². The quantitative estimate of drug-likeness (QED) is 0.206. The van der Waals surface area contributed by atoms with Crippen molar-refractivity contribution in [2.75, 3.05) is 21.3 Å². The van der Waals surface area contributed by atoms with Crippen LogP contribution in [0.2, 0.25) is 0 Å². The number of oxime groups is 2. The molecule has 192 valence electrons. The van der Waals surface area contributed by atoms with E-state index < -0.39 is 17.7 Å². The number of rotatable bonds is 10. The molecule has 0 aliphatic rings. The van der Waals surface area contributed by atoms with E-state index in [0.29, 0.717) is 40.8 Å². The summed E-state index contributed by atoms with van der Waals surface area (Å²) in [6, 6.07) is 7.22. The smallest absolute Gasteiger partial charge is 0.419 e. The third-order valence-corrected chi connectivity index (χ3v) is 5.70. The second-order valence-corrected chi connectivity index (χ2v) is 8.17. The van der Waals surface area contributed by atoms with Crippen molar-refractivity contribution < 1.29 is 27.6 Å². The summed E-state index contributed by atoms with van der Waals surface area (Å²) in [4.78, 5) is 21.2. The van der Waals surface area contributed by atoms with E-state index in [4.69, 9.17) is 9.15 Å². The van der Waals surface area contributed by atoms with E-state index in [1.54, 1.807) is 20.0 Å². The van der Waals surface area contributed by atoms with Gasteiger partial charge >= 0.3 is 5.76 Å². The van der Waals surface area contributed by atoms with Crippen molar-refractivity contribution in [2.24, 2.45) is 17.4 Å². The average molecular weight is 502 g/mol. The van der Waals surface area contributed by atoms with Gasteiger partial charge in [-0.1, -0.05) is 16.4 Å². The number of fused-ring (bicyclic) bond motifs is 1. The molecule has 0 aliphatic heterocycles. The van der Waals surface area contributed by atoms with Crippen LogP contribution in [-0.2, 0) is 16.7 Å². The molecule has 0 unspecified atom stereocenters. The highest BCUT2D eigenvalue weighted by Gasteiger charge is 2.19. The standard InChI is InChI=1S/C26H29F2N3O5/c1-15-11-17(13-20(23(15)33-4)25(28)30-35-6)19(9-7-8-10-22(27)29-34-5)18-12-16(2)24-21(14-18)31(3)26(32)36-24/h9,11-14H,7-8,10H2,1-6H3/b19-9-,29-22-,30-25-. The number of unbranched alkanes of at least 4 members (excludes halogenated alkanes) is 1. The summed E-state index contributed by atoms with van der Waals surface area (Å²) in [6.07, 6.45) is 3.01. The number of hydrogen-bond donors (Lipinski definition) is 0. The molecule has 0 spiro atoms. The largest absolute Gasteiger partial charge is 0.496 e. The highest BCUT2D eigenvalue weighted by Crippen LogP contribution is 2.34. The minimum Gasteiger partial charge on any atom is -0.496 e. The molecule has 2 aromatic carbocycles. The molecule has 3 aromatic rings. The predicted octanol–water partition coefficient (Wildman–Crippen LogP) is 5.57. The fourth-order valence-corrected chi connectivity index (χ4v) is 4.07. The molecule has 10 heteroatoms. The van der Waals surface area contributed by atoms with Crippen molar-refractivity contribution in [1.29, 1.82) is 0 Å². The maximum Gasteiger partial charge on any atom is 0.419 e. The molecule has 0 fully saturated rings. The van der Waals surface area contributed by atoms with E-state index in [0.717, 1.165) is 16.7 Å². The van der Waals surface area contributed by atoms with E-state index in [9.17, 15) is 13.6 Å². The van der Waals surface area contributed by atoms with Gasteiger partial charge in [0.05, 0.1) is 18.2 Å². The number of nitrogens with zero attached hydrogens (tertiary/aromatic N) is 3. The summed E-state index contributed by atoms with van der Waals surface area (Å²) in [5.41, 5.74) is 4.92. The Kier molecular flexibility index (Phi) is 8.63. The van der Waals surface area contributed by atoms with Crippen LogP contribution >= 0.6 is 0 Å². The van der Waals surface area contributed by atoms with Gasteiger partial charge in [-0.25, -0.2) is 4.79 Å². The minimum atomic E-state index is -0.833. The highest BCUT2D eigenvalue weighted by atomic mass is 19.1. The van der Waals surface area contributed by atoms with E-state index in [2.05, 4.69) is 20.0 Å². The SMILES string of the molecule is CO/N=C(\F)CCC/C=C(/c1cc(C)c(OC)c(/C(F)=N/OC)c1)c1cc(C)c2oc(=O)n(C)c2c1. The van der Waals surface area contributed by atoms with Crippen LogP contribution in [0.5, 0.6) is 5.75 Å². The molecular weight excluding hydrogens is 472 g/mol. The van der Waals surface area contributed by atoms with Gasteiger partial charge in [-0.15, -0.1) is 0 Å². The number of oxazole rings is 1. The van der Waals surface area contributed by atoms with Crippen molar-refractivity contribution >= 4 is 28.6 Å². The van der Waals surface area contributed by atoms with Crippen LogP contribution in [0.25, 0.3) is 16.7 Å². The van der Waals surface area contributed by atoms with E-state index >= 15 is 0 Å². The van der Waals surface area contributed by atoms with Crippen LogP contribution in [0.3, 0.4) is 0 Å². The number of allylic oxidation sites excluding steroid dienone is 1. The lowest BCUT2D eigenvalue weighted by molar-refractivity contribution is 0.207. The van der Waals surface area contributed by atoms with Crippen LogP contribution in [-0.4, -0.2) is 37.8 Å². The number of benzene rings is 2. The summed E-state index contributed by atoms with van der Waals surface area (Å²) >= 11 is 0. The summed E-state index contributed by atoms with van der Waals surface area (Å²) in [7, 11) is 5.63. The molecular formula is C26H29F2N3O5. The van der Waals surface area contributed by atoms with Crippen LogP contribution in [0.15, 0.2) is 49.9 Å². The number of halogens is 2. The summed E-state index contributed by atoms with van der Waals surface area (Å²) in [5, 5.41) is 6.73. The van der Waals surface area contributed by atoms with Crippen molar-refractivity contribution in [3.05, 3.63) is 68.7 Å². The Balaban J connectivity index is 2.19. The zero-order valence-corrected chi connectivity index (χ0v) is 21.1. The van der Waals surface area contributed by atoms with Crippen molar-refractivity contribution in [3.8, 4) is 5.75 Å². The first-order valence-electron chi connectivity index (χ1n) is 11.2. The van der Waals surface area contributed by atoms with Crippen LogP contribution < -0.4 is 10.5 Å². The van der Waals surface area contributed by atoms with Gasteiger partial charge in [0.15, 0.2) is 5.58 Å². The molecule has 3 rings (SSSR count). The first-order chi connectivity index (χ1) is 17.2. The molecule has 0 radical (unpaired) electrons. The second-order valence-electron chi connectivity index (χ2n) is 8.17. The third kappa shape index (κ3) is 5.64. The molecule has 0 N–H and O–H groups in total. The second kappa shape index (κ2) is 11.7. The zero-order valence-electron chi connectivity index (χ0n) is 21.1. The monoisotopic (exact) mass is 501 g/mol. The van der Waals surface area contributed by atoms with E-state index in [1.807, 2.05) is 31.2 Å². The predicted molar refractivity (Wildman–Crippen MR) is 135 cm³/mol. The van der Waals surface area contributed by atoms with E-state index in [1.165, 1.54) is 25.9 Å². The van der Waals surface area contributed by atoms with Crippen molar-refractivity contribution in [3.63, 3.8) is 0 Å². The molecule has 0 aliphatic carbocycles. The third-order valence-electron chi connectivity index (χ3n) is 5.70. The Bertz CT molecular complexity index is 1400. The normalized spacial score (nSPS) is 12.8. The Morgan fingerprint density at radius 2 is 1.69 bits per heavy atom. The molecule has 36 heavy (non-hydrogen) atoms. The fraction of sp³-hybridized carbons (Fsp3) is 0.346. The lowest BCUT2D eigenvalue weighted by Gasteiger charge is -2.16. The summed E-state index contributed by atoms with van der Waals surface area (Å²) < 4.78 is 40.7. The average Bonchev–Trinajstić information content (AvgIpc) is 3.13. The molecule has 8 nitrogen and oxygen atoms in total. The lowest BCUT2D eigenvalue weighted by Crippen LogP contribution is -2.08. The van der Waals surface area contributed by atoms with Crippen LogP contribution in [0.1, 0.15) is 47.1 Å². The number of ether oxygens (including phenoxy) is 1. The number of hydrogen-bond acceptors (Lipinski definition) is 7. The van der Waals surface area contributed by atoms with Gasteiger partial charge in [0.2, 0.25) is 5.97 Å². The van der Waals surface area contributed by atoms with Gasteiger partial charge < -0.3 is 18.8 Å². The molecule has 0 saturated carbocycles. The maximum absolute atomic E-state index is 14.8. The van der Waals surface area contributed by atoms with Crippen molar-refractivity contribution in [1.82, 2.24) is 4.57 Å². The number of aromatic nitrogens is 1. The summed E-state index contributed by atoms with van der Waals surface area (Å²) in [5.74, 6) is -1.57. The van der Waals surface area contributed by atoms with Gasteiger partial charge in [-0.05, 0) is 78.8 Å². The zero-order chi connectivity index (χ0) is 26.4. The topological polar surface area (TPSA) is 87.6 Å². The Morgan fingerprint density at radius 1 is 1.03 bits per heavy atom. The van der Waals surface area contributed by atoms with E-state index in [-0.39, 0.29) is 12.0 Å². The van der Waals surface area contributed by atoms with Gasteiger partial charge in [-0.3, -0.25) is 4.57 Å². The minimum absolute atomic E-state index is 0.105. The van der Waals surface area contributed by atoms with Gasteiger partial charge in [-0.2, -0.15) is 8.78 Å². The summed E-state index contributed by atoms with van der Waals surface area (Å²) in [6.45, 7) is 3.65. The molecule has 0 atom stereocenters. The maximum atomic E-state index is 14.8. The van der Waals surface area contributed by atoms with Crippen molar-refractivity contribution in [2.45, 2.75) is 33.1 Å². The molecule has 0 amide bonds. The molecule has 0 bridgehead atoms. The first-order valence-corrected chi connectivity index (χ1v) is 11.2. The molecule has 1 heterocycles. The molecule has 0 saturated heterocycles. The first kappa shape index (κ1) is 26.7. The Morgan fingerprint density at radius 3 is 2.36 bits per heavy atom. The number of methoxy groups -OCH3 is 1. The fourth-order valence-electron chi connectivity index (χ4n) is 4.07. The van der Waals surface area contributed by atoms with Gasteiger partial charge in [0, 0.05) is 13.5 Å². The van der Waals surface area contributed by atoms with Gasteiger partial charge in [0.25, 0.3) is 5.97 Å². The highest BCUT2D eigenvalue weighted by molar-refractivity contribution is 5.98. The van der Waals surface area contributed by atoms with Gasteiger partial charge in [0.1, 0.15) is 20.0 Å². The number of aryl methyl sites for hydroxylation is 3. The lowest BCUT2D eigenvalue weighted by atomic mass is 9.92. The molecule has 1 aromatic heterocycles. The van der Waals surface area contributed by atoms with Crippen LogP contribution in [0, 0.1) is 13.8 Å². The Hall–Kier alpha value is -3.95.